The summed E-state index contributed by atoms with van der Waals surface area (Å²) in [6, 6.07) is 10.5. The van der Waals surface area contributed by atoms with Gasteiger partial charge >= 0.3 is 6.18 Å². The Balaban J connectivity index is 2.25. The molecule has 0 aromatic heterocycles. The summed E-state index contributed by atoms with van der Waals surface area (Å²) in [7, 11) is 1.52. The zero-order valence-corrected chi connectivity index (χ0v) is 20.6. The van der Waals surface area contributed by atoms with Crippen molar-refractivity contribution in [2.45, 2.75) is 64.5 Å². The Labute approximate surface area is 206 Å². The number of allylic oxidation sites excluding steroid dienone is 1. The van der Waals surface area contributed by atoms with Gasteiger partial charge in [-0.25, -0.2) is 0 Å². The van der Waals surface area contributed by atoms with Crippen molar-refractivity contribution < 1.29 is 27.5 Å². The SMILES string of the molecule is C=CC(CCCCCCCCC)C(C(=O)c1ccc(OC)cc1)C(=O)c1ccc(C(F)(F)F)cc1. The standard InChI is InChI=1S/C29H35F3O3/c1-4-6-7-8-9-10-11-12-21(5-2)26(28(34)23-15-19-25(35-3)20-16-23)27(33)22-13-17-24(18-14-22)29(30,31)32/h5,13-21,26H,2,4,6-12H2,1,3H3. The highest BCUT2D eigenvalue weighted by molar-refractivity contribution is 6.16. The molecule has 2 unspecified atom stereocenters. The Kier molecular flexibility index (Phi) is 11.2. The number of alkyl halides is 3. The summed E-state index contributed by atoms with van der Waals surface area (Å²) >= 11 is 0. The Morgan fingerprint density at radius 3 is 1.80 bits per heavy atom. The van der Waals surface area contributed by atoms with Crippen LogP contribution in [-0.2, 0) is 6.18 Å². The van der Waals surface area contributed by atoms with Gasteiger partial charge in [0, 0.05) is 11.1 Å². The van der Waals surface area contributed by atoms with Crippen LogP contribution in [0.5, 0.6) is 5.75 Å². The number of unbranched alkanes of at least 4 members (excludes halogenated alkanes) is 6. The second-order valence-corrected chi connectivity index (χ2v) is 8.82. The lowest BCUT2D eigenvalue weighted by Crippen LogP contribution is -2.31. The van der Waals surface area contributed by atoms with Crippen molar-refractivity contribution in [2.24, 2.45) is 11.8 Å². The van der Waals surface area contributed by atoms with E-state index < -0.39 is 29.4 Å². The van der Waals surface area contributed by atoms with E-state index in [2.05, 4.69) is 13.5 Å². The van der Waals surface area contributed by atoms with Crippen LogP contribution in [0.4, 0.5) is 13.2 Å². The van der Waals surface area contributed by atoms with Crippen molar-refractivity contribution in [3.05, 3.63) is 77.9 Å². The number of carbonyl (C=O) groups excluding carboxylic acids is 2. The lowest BCUT2D eigenvalue weighted by Gasteiger charge is -2.23. The van der Waals surface area contributed by atoms with Crippen LogP contribution in [0.15, 0.2) is 61.2 Å². The zero-order valence-electron chi connectivity index (χ0n) is 20.6. The second kappa shape index (κ2) is 13.9. The molecule has 190 valence electrons. The van der Waals surface area contributed by atoms with Crippen molar-refractivity contribution in [2.75, 3.05) is 7.11 Å². The van der Waals surface area contributed by atoms with Crippen LogP contribution in [0.3, 0.4) is 0 Å². The summed E-state index contributed by atoms with van der Waals surface area (Å²) < 4.78 is 44.1. The minimum absolute atomic E-state index is 0.0799. The molecule has 2 atom stereocenters. The van der Waals surface area contributed by atoms with E-state index >= 15 is 0 Å². The van der Waals surface area contributed by atoms with E-state index in [1.165, 1.54) is 26.4 Å². The minimum Gasteiger partial charge on any atom is -0.497 e. The van der Waals surface area contributed by atoms with E-state index in [9.17, 15) is 22.8 Å². The average Bonchev–Trinajstić information content (AvgIpc) is 2.86. The van der Waals surface area contributed by atoms with Gasteiger partial charge in [0.1, 0.15) is 5.75 Å². The zero-order chi connectivity index (χ0) is 25.8. The van der Waals surface area contributed by atoms with Crippen molar-refractivity contribution in [3.63, 3.8) is 0 Å². The highest BCUT2D eigenvalue weighted by Crippen LogP contribution is 2.32. The van der Waals surface area contributed by atoms with E-state index in [0.29, 0.717) is 17.7 Å². The largest absolute Gasteiger partial charge is 0.497 e. The van der Waals surface area contributed by atoms with Gasteiger partial charge in [-0.1, -0.05) is 70.1 Å². The maximum Gasteiger partial charge on any atom is 0.416 e. The fraction of sp³-hybridized carbons (Fsp3) is 0.448. The lowest BCUT2D eigenvalue weighted by atomic mass is 9.78. The highest BCUT2D eigenvalue weighted by atomic mass is 19.4. The quantitative estimate of drug-likeness (QED) is 0.110. The maximum atomic E-state index is 13.5. The number of hydrogen-bond acceptors (Lipinski definition) is 3. The molecule has 6 heteroatoms. The third-order valence-electron chi connectivity index (χ3n) is 6.31. The van der Waals surface area contributed by atoms with Gasteiger partial charge in [0.15, 0.2) is 11.6 Å². The number of ether oxygens (including phenoxy) is 1. The van der Waals surface area contributed by atoms with E-state index in [1.807, 2.05) is 0 Å². The van der Waals surface area contributed by atoms with Gasteiger partial charge in [-0.05, 0) is 48.7 Å². The molecule has 0 radical (unpaired) electrons. The monoisotopic (exact) mass is 488 g/mol. The van der Waals surface area contributed by atoms with Gasteiger partial charge in [0.2, 0.25) is 0 Å². The molecule has 2 rings (SSSR count). The van der Waals surface area contributed by atoms with Gasteiger partial charge in [-0.2, -0.15) is 13.2 Å². The molecule has 0 aliphatic carbocycles. The average molecular weight is 489 g/mol. The molecular formula is C29H35F3O3. The molecule has 0 N–H and O–H groups in total. The molecule has 0 saturated heterocycles. The van der Waals surface area contributed by atoms with Crippen molar-refractivity contribution in [1.29, 1.82) is 0 Å². The first-order chi connectivity index (χ1) is 16.7. The molecule has 0 aliphatic heterocycles. The van der Waals surface area contributed by atoms with E-state index in [1.54, 1.807) is 30.3 Å². The fourth-order valence-corrected chi connectivity index (χ4v) is 4.20. The summed E-state index contributed by atoms with van der Waals surface area (Å²) in [5.74, 6) is -1.76. The number of hydrogen-bond donors (Lipinski definition) is 0. The Bertz CT molecular complexity index is 947. The van der Waals surface area contributed by atoms with Crippen LogP contribution in [0.25, 0.3) is 0 Å². The topological polar surface area (TPSA) is 43.4 Å². The van der Waals surface area contributed by atoms with Gasteiger partial charge in [-0.3, -0.25) is 9.59 Å². The lowest BCUT2D eigenvalue weighted by molar-refractivity contribution is -0.137. The van der Waals surface area contributed by atoms with Gasteiger partial charge < -0.3 is 4.74 Å². The van der Waals surface area contributed by atoms with Gasteiger partial charge in [0.05, 0.1) is 18.6 Å². The number of Topliss-reactive ketones (excluding diaryl/α,β-unsaturated/α-hetero) is 2. The Morgan fingerprint density at radius 1 is 0.857 bits per heavy atom. The Hall–Kier alpha value is -2.89. The van der Waals surface area contributed by atoms with Crippen LogP contribution in [-0.4, -0.2) is 18.7 Å². The van der Waals surface area contributed by atoms with Crippen molar-refractivity contribution in [3.8, 4) is 5.75 Å². The predicted molar refractivity (Wildman–Crippen MR) is 133 cm³/mol. The molecule has 0 heterocycles. The number of methoxy groups -OCH3 is 1. The third kappa shape index (κ3) is 8.37. The molecule has 0 aliphatic rings. The summed E-state index contributed by atoms with van der Waals surface area (Å²) in [4.78, 5) is 27.0. The summed E-state index contributed by atoms with van der Waals surface area (Å²) in [5, 5.41) is 0. The van der Waals surface area contributed by atoms with E-state index in [-0.39, 0.29) is 11.3 Å². The second-order valence-electron chi connectivity index (χ2n) is 8.82. The van der Waals surface area contributed by atoms with E-state index in [4.69, 9.17) is 4.74 Å². The maximum absolute atomic E-state index is 13.5. The fourth-order valence-electron chi connectivity index (χ4n) is 4.20. The number of ketones is 2. The van der Waals surface area contributed by atoms with Crippen LogP contribution >= 0.6 is 0 Å². The molecule has 3 nitrogen and oxygen atoms in total. The molecule has 2 aromatic rings. The molecule has 0 amide bonds. The molecule has 35 heavy (non-hydrogen) atoms. The molecule has 0 saturated carbocycles. The molecule has 0 bridgehead atoms. The molecule has 2 aromatic carbocycles. The van der Waals surface area contributed by atoms with Crippen LogP contribution < -0.4 is 4.74 Å². The molecular weight excluding hydrogens is 453 g/mol. The van der Waals surface area contributed by atoms with E-state index in [0.717, 1.165) is 49.9 Å². The minimum atomic E-state index is -4.50. The van der Waals surface area contributed by atoms with Crippen LogP contribution in [0.1, 0.15) is 84.6 Å². The summed E-state index contributed by atoms with van der Waals surface area (Å²) in [6.45, 7) is 6.04. The van der Waals surface area contributed by atoms with Crippen LogP contribution in [0, 0.1) is 11.8 Å². The van der Waals surface area contributed by atoms with Crippen LogP contribution in [0.2, 0.25) is 0 Å². The van der Waals surface area contributed by atoms with Gasteiger partial charge in [-0.15, -0.1) is 6.58 Å². The number of benzene rings is 2. The highest BCUT2D eigenvalue weighted by Gasteiger charge is 2.35. The molecule has 0 spiro atoms. The number of carbonyl (C=O) groups is 2. The normalized spacial score (nSPS) is 13.2. The summed E-state index contributed by atoms with van der Waals surface area (Å²) in [6.07, 6.45) is 5.42. The first kappa shape index (κ1) is 28.3. The first-order valence-corrected chi connectivity index (χ1v) is 12.2. The smallest absolute Gasteiger partial charge is 0.416 e. The molecule has 0 fully saturated rings. The third-order valence-corrected chi connectivity index (χ3v) is 6.31. The predicted octanol–water partition coefficient (Wildman–Crippen LogP) is 8.34. The van der Waals surface area contributed by atoms with Crippen molar-refractivity contribution >= 4 is 11.6 Å². The van der Waals surface area contributed by atoms with Crippen molar-refractivity contribution in [1.82, 2.24) is 0 Å². The number of halogens is 3. The number of rotatable bonds is 15. The Morgan fingerprint density at radius 2 is 1.34 bits per heavy atom. The van der Waals surface area contributed by atoms with Gasteiger partial charge in [0.25, 0.3) is 0 Å². The first-order valence-electron chi connectivity index (χ1n) is 12.2. The summed E-state index contributed by atoms with van der Waals surface area (Å²) in [5.41, 5.74) is -0.408.